The van der Waals surface area contributed by atoms with Crippen LogP contribution in [0.2, 0.25) is 0 Å². The van der Waals surface area contributed by atoms with E-state index in [4.69, 9.17) is 5.73 Å². The highest BCUT2D eigenvalue weighted by atomic mass is 16.2. The summed E-state index contributed by atoms with van der Waals surface area (Å²) in [4.78, 5) is 34.6. The maximum atomic E-state index is 11.7. The average molecular weight is 280 g/mol. The Morgan fingerprint density at radius 1 is 1.05 bits per heavy atom. The molecule has 0 spiro atoms. The van der Waals surface area contributed by atoms with Crippen molar-refractivity contribution in [2.75, 3.05) is 0 Å². The lowest BCUT2D eigenvalue weighted by Gasteiger charge is -2.08. The summed E-state index contributed by atoms with van der Waals surface area (Å²) >= 11 is 0. The van der Waals surface area contributed by atoms with Crippen LogP contribution in [0.1, 0.15) is 64.7 Å². The quantitative estimate of drug-likeness (QED) is 0.521. The minimum Gasteiger partial charge on any atom is -0.351 e. The van der Waals surface area contributed by atoms with Gasteiger partial charge in [0, 0.05) is 11.6 Å². The van der Waals surface area contributed by atoms with Gasteiger partial charge in [-0.15, -0.1) is 0 Å². The Morgan fingerprint density at radius 2 is 1.60 bits per heavy atom. The zero-order valence-electron chi connectivity index (χ0n) is 12.2. The molecule has 0 aliphatic carbocycles. The number of primary amides is 1. The Morgan fingerprint density at radius 3 is 2.10 bits per heavy atom. The normalized spacial score (nSPS) is 14.8. The van der Waals surface area contributed by atoms with Gasteiger partial charge < -0.3 is 5.73 Å². The van der Waals surface area contributed by atoms with Gasteiger partial charge >= 0.3 is 6.03 Å². The number of rotatable bonds is 9. The summed E-state index contributed by atoms with van der Waals surface area (Å²) in [6.45, 7) is 2.20. The fourth-order valence-electron chi connectivity index (χ4n) is 2.36. The maximum absolute atomic E-state index is 11.7. The van der Waals surface area contributed by atoms with Gasteiger partial charge in [0.15, 0.2) is 0 Å². The van der Waals surface area contributed by atoms with Crippen molar-refractivity contribution in [3.05, 3.63) is 11.6 Å². The number of hydrogen-bond donors (Lipinski definition) is 1. The first-order valence-electron chi connectivity index (χ1n) is 7.46. The highest BCUT2D eigenvalue weighted by Gasteiger charge is 2.34. The van der Waals surface area contributed by atoms with Crippen molar-refractivity contribution in [2.24, 2.45) is 5.73 Å². The lowest BCUT2D eigenvalue weighted by Crippen LogP contribution is -2.40. The molecule has 0 fully saturated rings. The van der Waals surface area contributed by atoms with Crippen LogP contribution < -0.4 is 5.73 Å². The van der Waals surface area contributed by atoms with Crippen LogP contribution in [0.3, 0.4) is 0 Å². The van der Waals surface area contributed by atoms with E-state index in [1.165, 1.54) is 38.2 Å². The van der Waals surface area contributed by atoms with Crippen molar-refractivity contribution in [2.45, 2.75) is 64.7 Å². The summed E-state index contributed by atoms with van der Waals surface area (Å²) in [6, 6.07) is -0.998. The third-order valence-corrected chi connectivity index (χ3v) is 3.52. The molecule has 5 heteroatoms. The van der Waals surface area contributed by atoms with Gasteiger partial charge in [-0.25, -0.2) is 4.79 Å². The largest absolute Gasteiger partial charge is 0.351 e. The number of nitrogens with two attached hydrogens (primary N) is 1. The van der Waals surface area contributed by atoms with Crippen LogP contribution >= 0.6 is 0 Å². The molecule has 2 N–H and O–H groups in total. The second-order valence-corrected chi connectivity index (χ2v) is 5.21. The highest BCUT2D eigenvalue weighted by molar-refractivity contribution is 6.24. The molecule has 0 aromatic rings. The topological polar surface area (TPSA) is 80.5 Å². The Kier molecular flexibility index (Phi) is 6.98. The van der Waals surface area contributed by atoms with Gasteiger partial charge in [-0.05, 0) is 12.8 Å². The summed E-state index contributed by atoms with van der Waals surface area (Å²) in [5.41, 5.74) is 5.39. The molecule has 4 amide bonds. The molecule has 20 heavy (non-hydrogen) atoms. The fraction of sp³-hybridized carbons (Fsp3) is 0.667. The SMILES string of the molecule is CCCCCCCCCCC1=CC(=O)N(C(N)=O)C1=O. The van der Waals surface area contributed by atoms with E-state index < -0.39 is 17.8 Å². The number of unbranched alkanes of at least 4 members (excludes halogenated alkanes) is 7. The minimum absolute atomic E-state index is 0.403. The van der Waals surface area contributed by atoms with Crippen LogP contribution in [0.25, 0.3) is 0 Å². The first-order valence-corrected chi connectivity index (χ1v) is 7.46. The average Bonchev–Trinajstić information content (AvgIpc) is 2.67. The predicted molar refractivity (Wildman–Crippen MR) is 76.7 cm³/mol. The zero-order valence-corrected chi connectivity index (χ0v) is 12.2. The van der Waals surface area contributed by atoms with Gasteiger partial charge in [-0.3, -0.25) is 9.59 Å². The minimum atomic E-state index is -0.998. The van der Waals surface area contributed by atoms with E-state index in [2.05, 4.69) is 6.92 Å². The van der Waals surface area contributed by atoms with Crippen LogP contribution in [0.15, 0.2) is 11.6 Å². The fourth-order valence-corrected chi connectivity index (χ4v) is 2.36. The maximum Gasteiger partial charge on any atom is 0.328 e. The van der Waals surface area contributed by atoms with Crippen molar-refractivity contribution in [1.29, 1.82) is 0 Å². The van der Waals surface area contributed by atoms with E-state index in [0.717, 1.165) is 19.3 Å². The molecule has 1 aliphatic rings. The van der Waals surface area contributed by atoms with E-state index in [-0.39, 0.29) is 0 Å². The molecule has 0 aromatic carbocycles. The van der Waals surface area contributed by atoms with E-state index in [1.54, 1.807) is 0 Å². The number of carbonyl (C=O) groups is 3. The molecule has 0 radical (unpaired) electrons. The van der Waals surface area contributed by atoms with E-state index in [1.807, 2.05) is 0 Å². The Labute approximate surface area is 120 Å². The summed E-state index contributed by atoms with van der Waals surface area (Å²) in [7, 11) is 0. The van der Waals surface area contributed by atoms with E-state index >= 15 is 0 Å². The van der Waals surface area contributed by atoms with Crippen molar-refractivity contribution < 1.29 is 14.4 Å². The molecular formula is C15H24N2O3. The first-order chi connectivity index (χ1) is 9.57. The van der Waals surface area contributed by atoms with Gasteiger partial charge in [0.1, 0.15) is 0 Å². The molecule has 1 rings (SSSR count). The molecule has 0 saturated heterocycles. The Hall–Kier alpha value is -1.65. The molecule has 0 unspecified atom stereocenters. The molecular weight excluding hydrogens is 256 g/mol. The summed E-state index contributed by atoms with van der Waals surface area (Å²) in [5, 5.41) is 0. The van der Waals surface area contributed by atoms with Crippen molar-refractivity contribution in [3.63, 3.8) is 0 Å². The molecule has 1 aliphatic heterocycles. The molecule has 0 atom stereocenters. The smallest absolute Gasteiger partial charge is 0.328 e. The second kappa shape index (κ2) is 8.51. The van der Waals surface area contributed by atoms with Crippen molar-refractivity contribution in [1.82, 2.24) is 4.90 Å². The van der Waals surface area contributed by atoms with E-state index in [0.29, 0.717) is 16.9 Å². The summed E-state index contributed by atoms with van der Waals surface area (Å²) in [5.74, 6) is -1.16. The van der Waals surface area contributed by atoms with Crippen LogP contribution in [0.4, 0.5) is 4.79 Å². The summed E-state index contributed by atoms with van der Waals surface area (Å²) < 4.78 is 0. The summed E-state index contributed by atoms with van der Waals surface area (Å²) in [6.07, 6.45) is 11.2. The molecule has 0 bridgehead atoms. The van der Waals surface area contributed by atoms with Gasteiger partial charge in [0.2, 0.25) is 0 Å². The zero-order chi connectivity index (χ0) is 15.0. The van der Waals surface area contributed by atoms with E-state index in [9.17, 15) is 14.4 Å². The molecule has 112 valence electrons. The number of nitrogens with zero attached hydrogens (tertiary/aromatic N) is 1. The van der Waals surface area contributed by atoms with Gasteiger partial charge in [0.25, 0.3) is 11.8 Å². The lowest BCUT2D eigenvalue weighted by atomic mass is 10.0. The Balaban J connectivity index is 2.17. The predicted octanol–water partition coefficient (Wildman–Crippen LogP) is 2.89. The van der Waals surface area contributed by atoms with Gasteiger partial charge in [-0.2, -0.15) is 4.90 Å². The second-order valence-electron chi connectivity index (χ2n) is 5.21. The highest BCUT2D eigenvalue weighted by Crippen LogP contribution is 2.19. The third-order valence-electron chi connectivity index (χ3n) is 3.52. The van der Waals surface area contributed by atoms with Crippen LogP contribution in [-0.4, -0.2) is 22.7 Å². The third kappa shape index (κ3) is 4.79. The standard InChI is InChI=1S/C15H24N2O3/c1-2-3-4-5-6-7-8-9-10-12-11-13(18)17(14(12)19)15(16)20/h11H,2-10H2,1H3,(H2,16,20). The van der Waals surface area contributed by atoms with Crippen LogP contribution in [-0.2, 0) is 9.59 Å². The van der Waals surface area contributed by atoms with Gasteiger partial charge in [-0.1, -0.05) is 51.9 Å². The van der Waals surface area contributed by atoms with Crippen LogP contribution in [0, 0.1) is 0 Å². The number of imide groups is 3. The monoisotopic (exact) mass is 280 g/mol. The van der Waals surface area contributed by atoms with Crippen molar-refractivity contribution >= 4 is 17.8 Å². The molecule has 5 nitrogen and oxygen atoms in total. The Bertz CT molecular complexity index is 402. The number of carbonyl (C=O) groups excluding carboxylic acids is 3. The van der Waals surface area contributed by atoms with Crippen LogP contribution in [0.5, 0.6) is 0 Å². The van der Waals surface area contributed by atoms with Gasteiger partial charge in [0.05, 0.1) is 0 Å². The molecule has 0 saturated carbocycles. The number of urea groups is 1. The first kappa shape index (κ1) is 16.4. The molecule has 1 heterocycles. The molecule has 0 aromatic heterocycles. The van der Waals surface area contributed by atoms with Crippen molar-refractivity contribution in [3.8, 4) is 0 Å². The lowest BCUT2D eigenvalue weighted by molar-refractivity contribution is -0.133. The number of hydrogen-bond acceptors (Lipinski definition) is 3. The number of amides is 4.